The maximum atomic E-state index is 12.2. The molecule has 0 saturated carbocycles. The van der Waals surface area contributed by atoms with Gasteiger partial charge in [0.25, 0.3) is 5.56 Å². The Balaban J connectivity index is 1.67. The molecule has 1 N–H and O–H groups in total. The molecule has 0 unspecified atom stereocenters. The van der Waals surface area contributed by atoms with Crippen LogP contribution in [-0.2, 0) is 11.3 Å². The summed E-state index contributed by atoms with van der Waals surface area (Å²) in [5, 5.41) is 5.28. The van der Waals surface area contributed by atoms with Gasteiger partial charge in [0, 0.05) is 23.1 Å². The van der Waals surface area contributed by atoms with E-state index < -0.39 is 0 Å². The molecule has 1 aromatic carbocycles. The van der Waals surface area contributed by atoms with Crippen LogP contribution < -0.4 is 10.9 Å². The van der Waals surface area contributed by atoms with Crippen LogP contribution in [0.3, 0.4) is 0 Å². The predicted octanol–water partition coefficient (Wildman–Crippen LogP) is 3.56. The van der Waals surface area contributed by atoms with Crippen LogP contribution in [0.25, 0.3) is 10.2 Å². The maximum absolute atomic E-state index is 12.2. The normalized spacial score (nSPS) is 10.9. The van der Waals surface area contributed by atoms with E-state index in [9.17, 15) is 9.59 Å². The lowest BCUT2D eigenvalue weighted by atomic mass is 10.2. The number of carbonyl (C=O) groups excluding carboxylic acids is 1. The summed E-state index contributed by atoms with van der Waals surface area (Å²) in [6.45, 7) is 2.26. The van der Waals surface area contributed by atoms with Crippen LogP contribution in [0.15, 0.2) is 45.2 Å². The molecule has 0 aliphatic carbocycles. The van der Waals surface area contributed by atoms with Gasteiger partial charge in [0.1, 0.15) is 4.83 Å². The van der Waals surface area contributed by atoms with Crippen LogP contribution in [0, 0.1) is 6.92 Å². The quantitative estimate of drug-likeness (QED) is 0.739. The highest BCUT2D eigenvalue weighted by Gasteiger charge is 2.08. The first-order valence-corrected chi connectivity index (χ1v) is 8.70. The van der Waals surface area contributed by atoms with Crippen molar-refractivity contribution in [3.8, 4) is 0 Å². The number of benzene rings is 1. The third-order valence-corrected chi connectivity index (χ3v) is 5.18. The molecule has 0 aliphatic heterocycles. The molecule has 23 heavy (non-hydrogen) atoms. The number of hydrogen-bond donors (Lipinski definition) is 1. The van der Waals surface area contributed by atoms with Crippen molar-refractivity contribution in [3.63, 3.8) is 0 Å². The Labute approximate surface area is 145 Å². The van der Waals surface area contributed by atoms with Crippen LogP contribution in [0.1, 0.15) is 12.0 Å². The van der Waals surface area contributed by atoms with E-state index in [1.807, 2.05) is 30.5 Å². The number of anilines is 1. The van der Waals surface area contributed by atoms with E-state index in [2.05, 4.69) is 26.2 Å². The number of halogens is 1. The first-order valence-electron chi connectivity index (χ1n) is 7.03. The smallest absolute Gasteiger partial charge is 0.262 e. The summed E-state index contributed by atoms with van der Waals surface area (Å²) >= 11 is 4.86. The zero-order valence-corrected chi connectivity index (χ0v) is 14.8. The molecular weight excluding hydrogens is 378 g/mol. The van der Waals surface area contributed by atoms with E-state index in [-0.39, 0.29) is 17.9 Å². The van der Waals surface area contributed by atoms with Gasteiger partial charge in [-0.1, -0.05) is 15.9 Å². The Bertz CT molecular complexity index is 932. The Kier molecular flexibility index (Phi) is 4.58. The Hall–Kier alpha value is -1.99. The number of aromatic nitrogens is 2. The van der Waals surface area contributed by atoms with E-state index in [1.165, 1.54) is 22.2 Å². The predicted molar refractivity (Wildman–Crippen MR) is 96.0 cm³/mol. The van der Waals surface area contributed by atoms with Crippen molar-refractivity contribution in [2.75, 3.05) is 5.32 Å². The molecule has 0 aliphatic rings. The summed E-state index contributed by atoms with van der Waals surface area (Å²) in [5.41, 5.74) is 1.68. The lowest BCUT2D eigenvalue weighted by Gasteiger charge is -2.08. The molecule has 2 heterocycles. The molecule has 3 aromatic rings. The Morgan fingerprint density at radius 1 is 1.39 bits per heavy atom. The van der Waals surface area contributed by atoms with Gasteiger partial charge in [-0.2, -0.15) is 0 Å². The van der Waals surface area contributed by atoms with E-state index in [4.69, 9.17) is 0 Å². The van der Waals surface area contributed by atoms with E-state index in [0.29, 0.717) is 11.9 Å². The first kappa shape index (κ1) is 15.9. The zero-order valence-electron chi connectivity index (χ0n) is 12.4. The van der Waals surface area contributed by atoms with Crippen molar-refractivity contribution < 1.29 is 4.79 Å². The van der Waals surface area contributed by atoms with Crippen LogP contribution in [0.4, 0.5) is 5.69 Å². The minimum atomic E-state index is -0.135. The molecule has 1 amide bonds. The minimum Gasteiger partial charge on any atom is -0.326 e. The number of rotatable bonds is 4. The summed E-state index contributed by atoms with van der Waals surface area (Å²) in [6, 6.07) is 7.38. The van der Waals surface area contributed by atoms with Gasteiger partial charge in [-0.05, 0) is 42.1 Å². The standard InChI is InChI=1S/C16H14BrN3O2S/c1-10-8-11(2-3-13(10)17)19-14(21)4-6-20-9-18-15-12(16(20)22)5-7-23-15/h2-3,5,7-9H,4,6H2,1H3,(H,19,21). The topological polar surface area (TPSA) is 64.0 Å². The zero-order chi connectivity index (χ0) is 16.4. The van der Waals surface area contributed by atoms with Gasteiger partial charge < -0.3 is 5.32 Å². The number of carbonyl (C=O) groups is 1. The second kappa shape index (κ2) is 6.64. The molecule has 3 rings (SSSR count). The number of thiophene rings is 1. The second-order valence-corrected chi connectivity index (χ2v) is 6.89. The largest absolute Gasteiger partial charge is 0.326 e. The molecule has 0 fully saturated rings. The van der Waals surface area contributed by atoms with Crippen molar-refractivity contribution in [3.05, 3.63) is 56.4 Å². The molecule has 5 nitrogen and oxygen atoms in total. The third-order valence-electron chi connectivity index (χ3n) is 3.47. The van der Waals surface area contributed by atoms with E-state index in [1.54, 1.807) is 6.07 Å². The van der Waals surface area contributed by atoms with Crippen molar-refractivity contribution in [2.45, 2.75) is 19.9 Å². The van der Waals surface area contributed by atoms with Gasteiger partial charge in [0.05, 0.1) is 11.7 Å². The SMILES string of the molecule is Cc1cc(NC(=O)CCn2cnc3sccc3c2=O)ccc1Br. The fourth-order valence-corrected chi connectivity index (χ4v) is 3.19. The highest BCUT2D eigenvalue weighted by atomic mass is 79.9. The lowest BCUT2D eigenvalue weighted by molar-refractivity contribution is -0.116. The average molecular weight is 392 g/mol. The van der Waals surface area contributed by atoms with Gasteiger partial charge >= 0.3 is 0 Å². The monoisotopic (exact) mass is 391 g/mol. The van der Waals surface area contributed by atoms with Gasteiger partial charge in [0.15, 0.2) is 0 Å². The van der Waals surface area contributed by atoms with Crippen LogP contribution in [-0.4, -0.2) is 15.5 Å². The number of nitrogens with zero attached hydrogens (tertiary/aromatic N) is 2. The fraction of sp³-hybridized carbons (Fsp3) is 0.188. The van der Waals surface area contributed by atoms with Gasteiger partial charge in [0.2, 0.25) is 5.91 Å². The summed E-state index contributed by atoms with van der Waals surface area (Å²) < 4.78 is 2.47. The second-order valence-electron chi connectivity index (χ2n) is 5.14. The van der Waals surface area contributed by atoms with E-state index >= 15 is 0 Å². The van der Waals surface area contributed by atoms with Crippen molar-refractivity contribution in [1.29, 1.82) is 0 Å². The van der Waals surface area contributed by atoms with Crippen molar-refractivity contribution >= 4 is 49.1 Å². The molecule has 7 heteroatoms. The first-order chi connectivity index (χ1) is 11.0. The maximum Gasteiger partial charge on any atom is 0.262 e. The molecule has 0 saturated heterocycles. The molecular formula is C16H14BrN3O2S. The summed E-state index contributed by atoms with van der Waals surface area (Å²) in [6.07, 6.45) is 1.71. The minimum absolute atomic E-state index is 0.108. The Morgan fingerprint density at radius 2 is 2.22 bits per heavy atom. The van der Waals surface area contributed by atoms with Crippen molar-refractivity contribution in [2.24, 2.45) is 0 Å². The van der Waals surface area contributed by atoms with Gasteiger partial charge in [-0.15, -0.1) is 11.3 Å². The molecule has 0 bridgehead atoms. The number of fused-ring (bicyclic) bond motifs is 1. The van der Waals surface area contributed by atoms with Crippen molar-refractivity contribution in [1.82, 2.24) is 9.55 Å². The summed E-state index contributed by atoms with van der Waals surface area (Å²) in [4.78, 5) is 29.2. The average Bonchev–Trinajstić information content (AvgIpc) is 3.00. The molecule has 0 spiro atoms. The summed E-state index contributed by atoms with van der Waals surface area (Å²) in [5.74, 6) is -0.135. The van der Waals surface area contributed by atoms with E-state index in [0.717, 1.165) is 20.6 Å². The molecule has 118 valence electrons. The Morgan fingerprint density at radius 3 is 3.00 bits per heavy atom. The van der Waals surface area contributed by atoms with Crippen LogP contribution >= 0.6 is 27.3 Å². The number of aryl methyl sites for hydroxylation is 2. The van der Waals surface area contributed by atoms with Crippen LogP contribution in [0.2, 0.25) is 0 Å². The molecule has 2 aromatic heterocycles. The summed E-state index contributed by atoms with van der Waals surface area (Å²) in [7, 11) is 0. The number of hydrogen-bond acceptors (Lipinski definition) is 4. The molecule has 0 radical (unpaired) electrons. The molecule has 0 atom stereocenters. The van der Waals surface area contributed by atoms with Gasteiger partial charge in [-0.25, -0.2) is 4.98 Å². The highest BCUT2D eigenvalue weighted by molar-refractivity contribution is 9.10. The van der Waals surface area contributed by atoms with Gasteiger partial charge in [-0.3, -0.25) is 14.2 Å². The lowest BCUT2D eigenvalue weighted by Crippen LogP contribution is -2.23. The third kappa shape index (κ3) is 3.51. The fourth-order valence-electron chi connectivity index (χ4n) is 2.22. The number of amides is 1. The number of nitrogens with one attached hydrogen (secondary N) is 1. The van der Waals surface area contributed by atoms with Crippen LogP contribution in [0.5, 0.6) is 0 Å². The highest BCUT2D eigenvalue weighted by Crippen LogP contribution is 2.20.